The average molecular weight is 454 g/mol. The van der Waals surface area contributed by atoms with Crippen LogP contribution in [0.3, 0.4) is 0 Å². The van der Waals surface area contributed by atoms with Crippen LogP contribution in [0.25, 0.3) is 0 Å². The summed E-state index contributed by atoms with van der Waals surface area (Å²) in [6, 6.07) is 0. The average Bonchev–Trinajstić information content (AvgIpc) is 3.11. The first-order valence-electron chi connectivity index (χ1n) is 8.77. The molecule has 2 rings (SSSR count). The third-order valence-corrected chi connectivity index (χ3v) is 4.05. The number of ether oxygens (including phenoxy) is 2. The Kier molecular flexibility index (Phi) is 10.6. The molecule has 7 nitrogen and oxygen atoms in total. The number of hydrogen-bond acceptors (Lipinski definition) is 4. The number of hydrogen-bond donors (Lipinski definition) is 2. The minimum absolute atomic E-state index is 0. The highest BCUT2D eigenvalue weighted by molar-refractivity contribution is 14.0. The van der Waals surface area contributed by atoms with Crippen molar-refractivity contribution < 1.29 is 14.3 Å². The van der Waals surface area contributed by atoms with E-state index >= 15 is 0 Å². The van der Waals surface area contributed by atoms with Gasteiger partial charge in [-0.05, 0) is 26.2 Å². The maximum Gasteiger partial charge on any atom is 0.241 e. The van der Waals surface area contributed by atoms with Gasteiger partial charge in [0.05, 0.1) is 12.7 Å². The minimum Gasteiger partial charge on any atom is -0.375 e. The third kappa shape index (κ3) is 6.72. The van der Waals surface area contributed by atoms with Crippen LogP contribution < -0.4 is 10.6 Å². The molecule has 8 heteroatoms. The molecule has 0 aromatic carbocycles. The van der Waals surface area contributed by atoms with E-state index in [1.54, 1.807) is 0 Å². The van der Waals surface area contributed by atoms with Gasteiger partial charge >= 0.3 is 0 Å². The predicted octanol–water partition coefficient (Wildman–Crippen LogP) is 0.976. The SMILES string of the molecule is CCCNC(=O)CN=C(NCC)N1CCOC(C2CCCO2)C1.I. The topological polar surface area (TPSA) is 75.2 Å². The van der Waals surface area contributed by atoms with Crippen molar-refractivity contribution >= 4 is 35.8 Å². The van der Waals surface area contributed by atoms with Crippen LogP contribution in [0.5, 0.6) is 0 Å². The molecule has 2 heterocycles. The van der Waals surface area contributed by atoms with Crippen LogP contribution in [-0.2, 0) is 14.3 Å². The lowest BCUT2D eigenvalue weighted by molar-refractivity contribution is -0.119. The number of carbonyl (C=O) groups excluding carboxylic acids is 1. The molecule has 140 valence electrons. The maximum atomic E-state index is 11.8. The number of rotatable bonds is 6. The molecule has 0 radical (unpaired) electrons. The van der Waals surface area contributed by atoms with Crippen LogP contribution >= 0.6 is 24.0 Å². The van der Waals surface area contributed by atoms with Crippen molar-refractivity contribution in [3.05, 3.63) is 0 Å². The van der Waals surface area contributed by atoms with Crippen LogP contribution in [0.4, 0.5) is 0 Å². The Hall–Kier alpha value is -0.610. The monoisotopic (exact) mass is 454 g/mol. The van der Waals surface area contributed by atoms with Gasteiger partial charge in [-0.15, -0.1) is 24.0 Å². The van der Waals surface area contributed by atoms with Gasteiger partial charge < -0.3 is 25.0 Å². The van der Waals surface area contributed by atoms with E-state index in [-0.39, 0.29) is 48.6 Å². The first-order chi connectivity index (χ1) is 11.2. The molecule has 24 heavy (non-hydrogen) atoms. The van der Waals surface area contributed by atoms with Crippen LogP contribution in [0, 0.1) is 0 Å². The van der Waals surface area contributed by atoms with Gasteiger partial charge in [-0.1, -0.05) is 6.92 Å². The number of morpholine rings is 1. The van der Waals surface area contributed by atoms with Gasteiger partial charge in [0, 0.05) is 32.8 Å². The number of carbonyl (C=O) groups is 1. The van der Waals surface area contributed by atoms with E-state index in [0.29, 0.717) is 13.2 Å². The van der Waals surface area contributed by atoms with Crippen molar-refractivity contribution in [3.63, 3.8) is 0 Å². The van der Waals surface area contributed by atoms with Gasteiger partial charge in [-0.3, -0.25) is 4.79 Å². The summed E-state index contributed by atoms with van der Waals surface area (Å²) < 4.78 is 11.6. The highest BCUT2D eigenvalue weighted by Gasteiger charge is 2.32. The molecule has 2 aliphatic rings. The zero-order valence-corrected chi connectivity index (χ0v) is 17.1. The molecule has 0 aliphatic carbocycles. The highest BCUT2D eigenvalue weighted by Crippen LogP contribution is 2.20. The minimum atomic E-state index is -0.0359. The Labute approximate surface area is 161 Å². The lowest BCUT2D eigenvalue weighted by Crippen LogP contribution is -2.53. The fourth-order valence-electron chi connectivity index (χ4n) is 2.88. The zero-order valence-electron chi connectivity index (χ0n) is 14.8. The summed E-state index contributed by atoms with van der Waals surface area (Å²) in [6.45, 7) is 8.73. The second-order valence-corrected chi connectivity index (χ2v) is 5.93. The van der Waals surface area contributed by atoms with E-state index in [1.807, 2.05) is 13.8 Å². The quantitative estimate of drug-likeness (QED) is 0.356. The van der Waals surface area contributed by atoms with E-state index in [1.165, 1.54) is 0 Å². The highest BCUT2D eigenvalue weighted by atomic mass is 127. The summed E-state index contributed by atoms with van der Waals surface area (Å²) >= 11 is 0. The molecular formula is C16H31IN4O3. The summed E-state index contributed by atoms with van der Waals surface area (Å²) in [4.78, 5) is 18.4. The number of guanidine groups is 1. The molecule has 2 unspecified atom stereocenters. The first kappa shape index (κ1) is 21.4. The fourth-order valence-corrected chi connectivity index (χ4v) is 2.88. The Bertz CT molecular complexity index is 403. The molecule has 0 spiro atoms. The number of nitrogens with zero attached hydrogens (tertiary/aromatic N) is 2. The van der Waals surface area contributed by atoms with Crippen LogP contribution in [-0.4, -0.2) is 74.9 Å². The molecule has 0 saturated carbocycles. The number of halogens is 1. The Morgan fingerprint density at radius 2 is 2.00 bits per heavy atom. The lowest BCUT2D eigenvalue weighted by Gasteiger charge is -2.37. The Balaban J connectivity index is 0.00000288. The maximum absolute atomic E-state index is 11.8. The lowest BCUT2D eigenvalue weighted by atomic mass is 10.1. The normalized spacial score (nSPS) is 24.4. The molecule has 2 fully saturated rings. The molecule has 2 atom stereocenters. The molecule has 2 saturated heterocycles. The molecule has 0 bridgehead atoms. The third-order valence-electron chi connectivity index (χ3n) is 4.05. The van der Waals surface area contributed by atoms with E-state index in [2.05, 4.69) is 20.5 Å². The van der Waals surface area contributed by atoms with Crippen molar-refractivity contribution in [3.8, 4) is 0 Å². The largest absolute Gasteiger partial charge is 0.375 e. The van der Waals surface area contributed by atoms with Gasteiger partial charge in [0.25, 0.3) is 0 Å². The van der Waals surface area contributed by atoms with Crippen LogP contribution in [0.2, 0.25) is 0 Å². The van der Waals surface area contributed by atoms with Gasteiger partial charge in [0.2, 0.25) is 5.91 Å². The summed E-state index contributed by atoms with van der Waals surface area (Å²) in [5, 5.41) is 6.12. The van der Waals surface area contributed by atoms with Crippen molar-refractivity contribution in [1.29, 1.82) is 0 Å². The smallest absolute Gasteiger partial charge is 0.241 e. The molecule has 0 aromatic rings. The second kappa shape index (κ2) is 11.9. The van der Waals surface area contributed by atoms with Gasteiger partial charge in [-0.2, -0.15) is 0 Å². The van der Waals surface area contributed by atoms with Gasteiger partial charge in [-0.25, -0.2) is 4.99 Å². The molecule has 0 aromatic heterocycles. The van der Waals surface area contributed by atoms with Crippen LogP contribution in [0.1, 0.15) is 33.1 Å². The zero-order chi connectivity index (χ0) is 16.5. The van der Waals surface area contributed by atoms with Gasteiger partial charge in [0.15, 0.2) is 5.96 Å². The van der Waals surface area contributed by atoms with E-state index in [4.69, 9.17) is 9.47 Å². The van der Waals surface area contributed by atoms with Crippen LogP contribution in [0.15, 0.2) is 4.99 Å². The molecule has 2 N–H and O–H groups in total. The summed E-state index contributed by atoms with van der Waals surface area (Å²) in [5.41, 5.74) is 0. The Morgan fingerprint density at radius 1 is 1.21 bits per heavy atom. The van der Waals surface area contributed by atoms with E-state index in [0.717, 1.165) is 51.5 Å². The fraction of sp³-hybridized carbons (Fsp3) is 0.875. The first-order valence-corrected chi connectivity index (χ1v) is 8.77. The van der Waals surface area contributed by atoms with Crippen molar-refractivity contribution in [2.75, 3.05) is 45.9 Å². The standard InChI is InChI=1S/C16H30N4O3.HI/c1-3-7-18-15(21)11-19-16(17-4-2)20-8-10-23-14(12-20)13-6-5-9-22-13;/h13-14H,3-12H2,1-2H3,(H,17,19)(H,18,21);1H. The second-order valence-electron chi connectivity index (χ2n) is 5.93. The summed E-state index contributed by atoms with van der Waals surface area (Å²) in [6.07, 6.45) is 3.38. The van der Waals surface area contributed by atoms with Crippen molar-refractivity contribution in [1.82, 2.24) is 15.5 Å². The van der Waals surface area contributed by atoms with Gasteiger partial charge in [0.1, 0.15) is 12.6 Å². The Morgan fingerprint density at radius 3 is 2.67 bits per heavy atom. The molecule has 2 aliphatic heterocycles. The van der Waals surface area contributed by atoms with E-state index < -0.39 is 0 Å². The number of amides is 1. The van der Waals surface area contributed by atoms with Crippen molar-refractivity contribution in [2.45, 2.75) is 45.3 Å². The predicted molar refractivity (Wildman–Crippen MR) is 105 cm³/mol. The van der Waals surface area contributed by atoms with Crippen molar-refractivity contribution in [2.24, 2.45) is 4.99 Å². The molecule has 1 amide bonds. The number of nitrogens with one attached hydrogen (secondary N) is 2. The van der Waals surface area contributed by atoms with E-state index in [9.17, 15) is 4.79 Å². The summed E-state index contributed by atoms with van der Waals surface area (Å²) in [5.74, 6) is 0.747. The summed E-state index contributed by atoms with van der Waals surface area (Å²) in [7, 11) is 0. The number of aliphatic imine (C=N–C) groups is 1. The molecular weight excluding hydrogens is 423 g/mol.